The molecule has 0 spiro atoms. The van der Waals surface area contributed by atoms with Crippen molar-refractivity contribution >= 4 is 63.5 Å². The number of anilines is 1. The summed E-state index contributed by atoms with van der Waals surface area (Å²) in [7, 11) is 0. The van der Waals surface area contributed by atoms with Gasteiger partial charge in [0, 0.05) is 11.6 Å². The van der Waals surface area contributed by atoms with E-state index in [9.17, 15) is 18.0 Å². The summed E-state index contributed by atoms with van der Waals surface area (Å²) in [6.45, 7) is 1.84. The maximum atomic E-state index is 12.4. The van der Waals surface area contributed by atoms with Crippen molar-refractivity contribution in [1.82, 2.24) is 19.7 Å². The van der Waals surface area contributed by atoms with E-state index < -0.39 is 12.4 Å². The number of hydrogen-bond acceptors (Lipinski definition) is 6. The normalized spacial score (nSPS) is 11.8. The first-order valence-corrected chi connectivity index (χ1v) is 12.5. The van der Waals surface area contributed by atoms with Crippen LogP contribution in [-0.2, 0) is 0 Å². The van der Waals surface area contributed by atoms with Crippen molar-refractivity contribution in [2.45, 2.75) is 13.3 Å². The van der Waals surface area contributed by atoms with E-state index in [4.69, 9.17) is 11.6 Å². The lowest BCUT2D eigenvalue weighted by molar-refractivity contribution is -0.274. The largest absolute Gasteiger partial charge is 0.573 e. The van der Waals surface area contributed by atoms with Crippen molar-refractivity contribution in [3.05, 3.63) is 88.9 Å². The monoisotopic (exact) mass is 570 g/mol. The van der Waals surface area contributed by atoms with Gasteiger partial charge in [-0.25, -0.2) is 13.9 Å². The lowest BCUT2D eigenvalue weighted by atomic mass is 10.1. The summed E-state index contributed by atoms with van der Waals surface area (Å²) in [6.07, 6.45) is -3.15. The van der Waals surface area contributed by atoms with E-state index in [1.54, 1.807) is 23.0 Å². The molecule has 0 saturated heterocycles. The van der Waals surface area contributed by atoms with E-state index in [2.05, 4.69) is 29.5 Å². The van der Waals surface area contributed by atoms with E-state index in [0.29, 0.717) is 27.4 Å². The lowest BCUT2D eigenvalue weighted by Gasteiger charge is -2.09. The smallest absolute Gasteiger partial charge is 0.406 e. The molecule has 1 aromatic heterocycles. The topological polar surface area (TPSA) is 93.4 Å². The Bertz CT molecular complexity index is 1690. The Labute approximate surface area is 229 Å². The van der Waals surface area contributed by atoms with Crippen LogP contribution < -0.4 is 14.8 Å². The maximum Gasteiger partial charge on any atom is 0.573 e. The molecule has 0 aliphatic heterocycles. The van der Waals surface area contributed by atoms with Gasteiger partial charge in [-0.05, 0) is 65.9 Å². The number of rotatable bonds is 6. The minimum absolute atomic E-state index is 0.319. The van der Waals surface area contributed by atoms with Crippen LogP contribution in [0.1, 0.15) is 11.1 Å². The molecule has 8 nitrogen and oxygen atoms in total. The summed E-state index contributed by atoms with van der Waals surface area (Å²) in [5.74, 6) is -0.319. The molecule has 0 radical (unpaired) electrons. The second kappa shape index (κ2) is 10.8. The predicted molar refractivity (Wildman–Crippen MR) is 147 cm³/mol. The molecule has 4 aromatic carbocycles. The number of aromatic nitrogens is 3. The van der Waals surface area contributed by atoms with Crippen molar-refractivity contribution in [1.29, 1.82) is 0 Å². The molecular weight excluding hydrogens is 553 g/mol. The summed E-state index contributed by atoms with van der Waals surface area (Å²) in [5.41, 5.74) is 4.03. The highest BCUT2D eigenvalue weighted by atomic mass is 35.5. The Hall–Kier alpha value is -4.29. The third-order valence-electron chi connectivity index (χ3n) is 5.62. The van der Waals surface area contributed by atoms with Gasteiger partial charge < -0.3 is 10.1 Å². The van der Waals surface area contributed by atoms with Crippen molar-refractivity contribution in [3.8, 4) is 11.4 Å². The predicted octanol–water partition coefficient (Wildman–Crippen LogP) is 7.24. The number of alkyl halides is 3. The van der Waals surface area contributed by atoms with Crippen molar-refractivity contribution in [2.75, 3.05) is 5.32 Å². The van der Waals surface area contributed by atoms with E-state index in [0.717, 1.165) is 34.0 Å². The molecule has 0 unspecified atom stereocenters. The Kier molecular flexibility index (Phi) is 7.31. The third kappa shape index (κ3) is 6.07. The summed E-state index contributed by atoms with van der Waals surface area (Å²) >= 11 is 7.00. The molecule has 198 valence electrons. The van der Waals surface area contributed by atoms with Gasteiger partial charge in [-0.3, -0.25) is 4.72 Å². The second-order valence-corrected chi connectivity index (χ2v) is 9.28. The first kappa shape index (κ1) is 26.3. The number of carbonyl (C=O) groups is 1. The maximum absolute atomic E-state index is 12.4. The van der Waals surface area contributed by atoms with Gasteiger partial charge >= 0.3 is 12.4 Å². The number of fused-ring (bicyclic) bond motifs is 3. The number of aryl methyl sites for hydroxylation is 1. The van der Waals surface area contributed by atoms with Gasteiger partial charge in [0.15, 0.2) is 0 Å². The second-order valence-electron chi connectivity index (χ2n) is 8.27. The number of ether oxygens (including phenoxy) is 1. The molecule has 2 N–H and O–H groups in total. The number of nitrogens with one attached hydrogen (secondary N) is 2. The Morgan fingerprint density at radius 1 is 1.10 bits per heavy atom. The molecule has 0 bridgehead atoms. The molecule has 0 aliphatic carbocycles. The fraction of sp³-hybridized carbons (Fsp3) is 0.0769. The van der Waals surface area contributed by atoms with Crippen LogP contribution in [0.2, 0.25) is 5.02 Å². The van der Waals surface area contributed by atoms with Gasteiger partial charge in [0.1, 0.15) is 11.3 Å². The number of amides is 2. The molecule has 2 amide bonds. The zero-order valence-electron chi connectivity index (χ0n) is 20.0. The zero-order valence-corrected chi connectivity index (χ0v) is 21.6. The summed E-state index contributed by atoms with van der Waals surface area (Å²) < 4.78 is 49.5. The molecule has 13 heteroatoms. The lowest BCUT2D eigenvalue weighted by Crippen LogP contribution is -2.22. The molecular formula is C26H18ClF3N6O2S. The van der Waals surface area contributed by atoms with Crippen LogP contribution in [0.15, 0.2) is 77.2 Å². The van der Waals surface area contributed by atoms with Gasteiger partial charge in [0.25, 0.3) is 0 Å². The molecule has 0 saturated carbocycles. The zero-order chi connectivity index (χ0) is 27.6. The fourth-order valence-electron chi connectivity index (χ4n) is 3.88. The van der Waals surface area contributed by atoms with Crippen LogP contribution in [0.5, 0.6) is 5.75 Å². The minimum atomic E-state index is -4.76. The van der Waals surface area contributed by atoms with Crippen molar-refractivity contribution in [3.63, 3.8) is 0 Å². The molecule has 1 heterocycles. The van der Waals surface area contributed by atoms with Crippen molar-refractivity contribution in [2.24, 2.45) is 4.40 Å². The first-order chi connectivity index (χ1) is 18.7. The summed E-state index contributed by atoms with van der Waals surface area (Å²) in [6, 6.07) is 19.6. The van der Waals surface area contributed by atoms with Crippen LogP contribution in [0.25, 0.3) is 27.5 Å². The highest BCUT2D eigenvalue weighted by Crippen LogP contribution is 2.28. The molecule has 0 atom stereocenters. The van der Waals surface area contributed by atoms with E-state index in [1.165, 1.54) is 24.3 Å². The molecule has 0 fully saturated rings. The van der Waals surface area contributed by atoms with Crippen LogP contribution in [0.4, 0.5) is 23.7 Å². The standard InChI is InChI=1S/C26H18ClF3N6O2S/c1-15-3-2-4-21(27)23(15)32-25(37)34-39-31-14-16-5-11-20-17(13-16)6-12-22-24(20)33-35-36(22)18-7-9-19(10-8-18)38-26(28,29)30/h2-14H,1H3,(H2,32,34,37)/b31-14+. The van der Waals surface area contributed by atoms with Crippen LogP contribution in [-0.4, -0.2) is 33.6 Å². The van der Waals surface area contributed by atoms with Gasteiger partial charge in [0.05, 0.1) is 34.0 Å². The Morgan fingerprint density at radius 2 is 1.90 bits per heavy atom. The fourth-order valence-corrected chi connectivity index (χ4v) is 4.51. The van der Waals surface area contributed by atoms with E-state index in [-0.39, 0.29) is 5.75 Å². The summed E-state index contributed by atoms with van der Waals surface area (Å²) in [4.78, 5) is 12.2. The highest BCUT2D eigenvalue weighted by molar-refractivity contribution is 7.96. The summed E-state index contributed by atoms with van der Waals surface area (Å²) in [5, 5.41) is 13.3. The average Bonchev–Trinajstić information content (AvgIpc) is 3.33. The van der Waals surface area contributed by atoms with Crippen LogP contribution in [0, 0.1) is 6.92 Å². The molecule has 0 aliphatic rings. The number of carbonyl (C=O) groups excluding carboxylic acids is 1. The SMILES string of the molecule is Cc1cccc(Cl)c1NC(=O)NS/N=C/c1ccc2c(ccc3c2nnn3-c2ccc(OC(F)(F)F)cc2)c1. The molecule has 5 rings (SSSR count). The number of hydrogen-bond donors (Lipinski definition) is 2. The number of para-hydroxylation sites is 1. The third-order valence-corrected chi connectivity index (χ3v) is 6.43. The quantitative estimate of drug-likeness (QED) is 0.166. The highest BCUT2D eigenvalue weighted by Gasteiger charge is 2.31. The Balaban J connectivity index is 1.27. The first-order valence-electron chi connectivity index (χ1n) is 11.3. The van der Waals surface area contributed by atoms with Gasteiger partial charge in [0.2, 0.25) is 0 Å². The van der Waals surface area contributed by atoms with Gasteiger partial charge in [-0.15, -0.1) is 18.3 Å². The van der Waals surface area contributed by atoms with Crippen LogP contribution in [0.3, 0.4) is 0 Å². The molecule has 39 heavy (non-hydrogen) atoms. The number of urea groups is 1. The number of halogens is 4. The van der Waals surface area contributed by atoms with E-state index in [1.807, 2.05) is 43.3 Å². The van der Waals surface area contributed by atoms with E-state index >= 15 is 0 Å². The van der Waals surface area contributed by atoms with Crippen LogP contribution >= 0.6 is 23.7 Å². The number of benzene rings is 4. The average molecular weight is 571 g/mol. The minimum Gasteiger partial charge on any atom is -0.406 e. The Morgan fingerprint density at radius 3 is 2.64 bits per heavy atom. The van der Waals surface area contributed by atoms with Crippen molar-refractivity contribution < 1.29 is 22.7 Å². The van der Waals surface area contributed by atoms with Gasteiger partial charge in [-0.2, -0.15) is 0 Å². The number of nitrogens with zero attached hydrogens (tertiary/aromatic N) is 4. The molecule has 5 aromatic rings. The van der Waals surface area contributed by atoms with Gasteiger partial charge in [-0.1, -0.05) is 47.1 Å².